The molecule has 0 aromatic carbocycles. The van der Waals surface area contributed by atoms with Crippen LogP contribution < -0.4 is 11.2 Å². The molecule has 1 aromatic rings. The van der Waals surface area contributed by atoms with E-state index in [9.17, 15) is 14.4 Å². The van der Waals surface area contributed by atoms with Crippen LogP contribution >= 0.6 is 0 Å². The first-order valence-electron chi connectivity index (χ1n) is 8.72. The van der Waals surface area contributed by atoms with E-state index in [0.29, 0.717) is 23.8 Å². The van der Waals surface area contributed by atoms with Crippen molar-refractivity contribution < 1.29 is 4.79 Å². The number of rotatable bonds is 6. The van der Waals surface area contributed by atoms with Crippen molar-refractivity contribution in [3.63, 3.8) is 0 Å². The number of aromatic nitrogens is 2. The number of aromatic amines is 2. The Hall–Kier alpha value is -1.93. The minimum atomic E-state index is -0.542. The molecule has 1 aliphatic heterocycles. The SMILES string of the molecule is Cc1[nH]c(=O)[nH]c(=O)c1CC(=O)N1CCC[C@H](N(C)CCN(C)C)C1. The van der Waals surface area contributed by atoms with Crippen molar-refractivity contribution in [3.8, 4) is 0 Å². The molecule has 1 aliphatic rings. The van der Waals surface area contributed by atoms with E-state index in [1.54, 1.807) is 6.92 Å². The van der Waals surface area contributed by atoms with Gasteiger partial charge in [-0.25, -0.2) is 4.79 Å². The number of likely N-dealkylation sites (tertiary alicyclic amines) is 1. The summed E-state index contributed by atoms with van der Waals surface area (Å²) in [6.07, 6.45) is 2.06. The highest BCUT2D eigenvalue weighted by Crippen LogP contribution is 2.16. The van der Waals surface area contributed by atoms with E-state index in [2.05, 4.69) is 40.9 Å². The Labute approximate surface area is 147 Å². The molecule has 2 N–H and O–H groups in total. The second kappa shape index (κ2) is 8.44. The lowest BCUT2D eigenvalue weighted by Crippen LogP contribution is -2.50. The van der Waals surface area contributed by atoms with Gasteiger partial charge in [-0.15, -0.1) is 0 Å². The van der Waals surface area contributed by atoms with Crippen LogP contribution in [0.3, 0.4) is 0 Å². The van der Waals surface area contributed by atoms with Crippen LogP contribution in [0.5, 0.6) is 0 Å². The van der Waals surface area contributed by atoms with Gasteiger partial charge in [-0.2, -0.15) is 0 Å². The number of aryl methyl sites for hydroxylation is 1. The molecular weight excluding hydrogens is 322 g/mol. The number of H-pyrrole nitrogens is 2. The third-order valence-corrected chi connectivity index (χ3v) is 4.86. The summed E-state index contributed by atoms with van der Waals surface area (Å²) in [5, 5.41) is 0. The molecule has 0 bridgehead atoms. The molecule has 0 unspecified atom stereocenters. The highest BCUT2D eigenvalue weighted by molar-refractivity contribution is 5.79. The summed E-state index contributed by atoms with van der Waals surface area (Å²) in [6, 6.07) is 0.340. The van der Waals surface area contributed by atoms with Gasteiger partial charge < -0.3 is 19.7 Å². The summed E-state index contributed by atoms with van der Waals surface area (Å²) in [7, 11) is 6.20. The maximum absolute atomic E-state index is 12.6. The third-order valence-electron chi connectivity index (χ3n) is 4.86. The van der Waals surface area contributed by atoms with Crippen molar-refractivity contribution in [1.29, 1.82) is 0 Å². The second-order valence-electron chi connectivity index (χ2n) is 7.11. The van der Waals surface area contributed by atoms with Crippen LogP contribution in [-0.4, -0.2) is 83.9 Å². The molecule has 8 heteroatoms. The second-order valence-corrected chi connectivity index (χ2v) is 7.11. The lowest BCUT2D eigenvalue weighted by molar-refractivity contribution is -0.132. The van der Waals surface area contributed by atoms with Gasteiger partial charge in [0, 0.05) is 43.5 Å². The molecule has 140 valence electrons. The fraction of sp³-hybridized carbons (Fsp3) is 0.706. The Morgan fingerprint density at radius 1 is 1.20 bits per heavy atom. The van der Waals surface area contributed by atoms with Crippen LogP contribution in [-0.2, 0) is 11.2 Å². The monoisotopic (exact) mass is 351 g/mol. The summed E-state index contributed by atoms with van der Waals surface area (Å²) in [5.74, 6) is -0.0636. The van der Waals surface area contributed by atoms with Crippen LogP contribution in [0, 0.1) is 6.92 Å². The van der Waals surface area contributed by atoms with Gasteiger partial charge in [0.25, 0.3) is 5.56 Å². The summed E-state index contributed by atoms with van der Waals surface area (Å²) in [5.41, 5.74) is -0.225. The number of nitrogens with zero attached hydrogens (tertiary/aromatic N) is 3. The maximum Gasteiger partial charge on any atom is 0.325 e. The molecule has 1 fully saturated rings. The van der Waals surface area contributed by atoms with Gasteiger partial charge >= 0.3 is 5.69 Å². The number of hydrogen-bond donors (Lipinski definition) is 2. The van der Waals surface area contributed by atoms with Gasteiger partial charge in [0.15, 0.2) is 0 Å². The predicted molar refractivity (Wildman–Crippen MR) is 96.9 cm³/mol. The van der Waals surface area contributed by atoms with Gasteiger partial charge in [0.2, 0.25) is 5.91 Å². The van der Waals surface area contributed by atoms with Crippen LogP contribution in [0.2, 0.25) is 0 Å². The highest BCUT2D eigenvalue weighted by atomic mass is 16.2. The fourth-order valence-electron chi connectivity index (χ4n) is 3.18. The standard InChI is InChI=1S/C17H29N5O3/c1-12-14(16(24)19-17(25)18-12)10-15(23)22-7-5-6-13(11-22)21(4)9-8-20(2)3/h13H,5-11H2,1-4H3,(H2,18,19,24,25)/t13-/m0/s1. The van der Waals surface area contributed by atoms with Gasteiger partial charge in [0.1, 0.15) is 0 Å². The first kappa shape index (κ1) is 19.4. The van der Waals surface area contributed by atoms with Crippen LogP contribution in [0.25, 0.3) is 0 Å². The van der Waals surface area contributed by atoms with E-state index >= 15 is 0 Å². The van der Waals surface area contributed by atoms with E-state index < -0.39 is 11.2 Å². The summed E-state index contributed by atoms with van der Waals surface area (Å²) in [4.78, 5) is 46.9. The van der Waals surface area contributed by atoms with E-state index in [4.69, 9.17) is 0 Å². The van der Waals surface area contributed by atoms with E-state index in [-0.39, 0.29) is 12.3 Å². The lowest BCUT2D eigenvalue weighted by atomic mass is 10.0. The number of carbonyl (C=O) groups excluding carboxylic acids is 1. The minimum Gasteiger partial charge on any atom is -0.341 e. The van der Waals surface area contributed by atoms with Gasteiger partial charge in [-0.3, -0.25) is 14.6 Å². The molecule has 8 nitrogen and oxygen atoms in total. The van der Waals surface area contributed by atoms with Crippen molar-refractivity contribution >= 4 is 5.91 Å². The number of hydrogen-bond acceptors (Lipinski definition) is 5. The van der Waals surface area contributed by atoms with Crippen molar-refractivity contribution in [2.75, 3.05) is 47.3 Å². The average molecular weight is 351 g/mol. The fourth-order valence-corrected chi connectivity index (χ4v) is 3.18. The molecule has 25 heavy (non-hydrogen) atoms. The largest absolute Gasteiger partial charge is 0.341 e. The van der Waals surface area contributed by atoms with Crippen LogP contribution in [0.1, 0.15) is 24.1 Å². The van der Waals surface area contributed by atoms with E-state index in [1.165, 1.54) is 0 Å². The summed E-state index contributed by atoms with van der Waals surface area (Å²) >= 11 is 0. The molecule has 0 radical (unpaired) electrons. The van der Waals surface area contributed by atoms with Crippen LogP contribution in [0.4, 0.5) is 0 Å². The molecule has 2 heterocycles. The molecular formula is C17H29N5O3. The van der Waals surface area contributed by atoms with Crippen molar-refractivity contribution in [1.82, 2.24) is 24.7 Å². The zero-order chi connectivity index (χ0) is 18.6. The van der Waals surface area contributed by atoms with Crippen molar-refractivity contribution in [2.24, 2.45) is 0 Å². The topological polar surface area (TPSA) is 92.5 Å². The Balaban J connectivity index is 2.00. The molecule has 2 rings (SSSR count). The Morgan fingerprint density at radius 2 is 1.92 bits per heavy atom. The van der Waals surface area contributed by atoms with Gasteiger partial charge in [0.05, 0.1) is 6.42 Å². The smallest absolute Gasteiger partial charge is 0.325 e. The van der Waals surface area contributed by atoms with Crippen molar-refractivity contribution in [2.45, 2.75) is 32.2 Å². The lowest BCUT2D eigenvalue weighted by Gasteiger charge is -2.38. The van der Waals surface area contributed by atoms with Crippen LogP contribution in [0.15, 0.2) is 9.59 Å². The number of piperidine rings is 1. The molecule has 1 saturated heterocycles. The summed E-state index contributed by atoms with van der Waals surface area (Å²) < 4.78 is 0. The number of amides is 1. The average Bonchev–Trinajstić information content (AvgIpc) is 2.55. The Morgan fingerprint density at radius 3 is 2.56 bits per heavy atom. The molecule has 0 aliphatic carbocycles. The first-order valence-corrected chi connectivity index (χ1v) is 8.72. The quantitative estimate of drug-likeness (QED) is 0.714. The molecule has 1 amide bonds. The molecule has 1 aromatic heterocycles. The van der Waals surface area contributed by atoms with Gasteiger partial charge in [-0.05, 0) is 40.9 Å². The van der Waals surface area contributed by atoms with E-state index in [1.807, 2.05) is 4.90 Å². The number of nitrogens with one attached hydrogen (secondary N) is 2. The zero-order valence-electron chi connectivity index (χ0n) is 15.6. The first-order chi connectivity index (χ1) is 11.8. The zero-order valence-corrected chi connectivity index (χ0v) is 15.6. The highest BCUT2D eigenvalue weighted by Gasteiger charge is 2.27. The predicted octanol–water partition coefficient (Wildman–Crippen LogP) is -0.601. The maximum atomic E-state index is 12.6. The number of likely N-dealkylation sites (N-methyl/N-ethyl adjacent to an activating group) is 2. The van der Waals surface area contributed by atoms with Gasteiger partial charge in [-0.1, -0.05) is 0 Å². The third kappa shape index (κ3) is 5.27. The Kier molecular flexibility index (Phi) is 6.55. The summed E-state index contributed by atoms with van der Waals surface area (Å²) in [6.45, 7) is 4.98. The molecule has 0 spiro atoms. The van der Waals surface area contributed by atoms with Crippen molar-refractivity contribution in [3.05, 3.63) is 32.1 Å². The minimum absolute atomic E-state index is 0.0199. The molecule has 0 saturated carbocycles. The normalized spacial score (nSPS) is 18.2. The molecule has 1 atom stereocenters. The number of carbonyl (C=O) groups is 1. The van der Waals surface area contributed by atoms with E-state index in [0.717, 1.165) is 32.5 Å². The Bertz CT molecular complexity index is 709.